The van der Waals surface area contributed by atoms with Crippen molar-refractivity contribution < 1.29 is 14.5 Å². The second-order valence-electron chi connectivity index (χ2n) is 9.09. The van der Waals surface area contributed by atoms with E-state index in [-0.39, 0.29) is 12.0 Å². The largest absolute Gasteiger partial charge is 0.465 e. The van der Waals surface area contributed by atoms with Gasteiger partial charge in [-0.05, 0) is 71.7 Å². The SMILES string of the molecule is C=C(C)N(CCCNc1ccc(SC(C)(C)C(=O)OCC)cc1)C(C)C(=[NH+]C)C(N)=C(N)CCC. The molecule has 35 heavy (non-hydrogen) atoms. The zero-order valence-electron chi connectivity index (χ0n) is 22.7. The molecule has 0 aliphatic carbocycles. The number of hydrogen-bond acceptors (Lipinski definition) is 7. The molecule has 1 rings (SSSR count). The number of thioether (sulfide) groups is 1. The molecule has 0 saturated heterocycles. The van der Waals surface area contributed by atoms with Crippen LogP contribution in [0.15, 0.2) is 52.8 Å². The lowest BCUT2D eigenvalue weighted by Crippen LogP contribution is -2.73. The van der Waals surface area contributed by atoms with Gasteiger partial charge in [-0.15, -0.1) is 11.8 Å². The van der Waals surface area contributed by atoms with E-state index in [1.807, 2.05) is 59.0 Å². The highest BCUT2D eigenvalue weighted by molar-refractivity contribution is 8.01. The minimum Gasteiger partial charge on any atom is -0.465 e. The van der Waals surface area contributed by atoms with Crippen molar-refractivity contribution in [2.75, 3.05) is 32.1 Å². The highest BCUT2D eigenvalue weighted by atomic mass is 32.2. The third kappa shape index (κ3) is 9.51. The van der Waals surface area contributed by atoms with Crippen LogP contribution in [0, 0.1) is 0 Å². The van der Waals surface area contributed by atoms with E-state index >= 15 is 0 Å². The molecule has 7 nitrogen and oxygen atoms in total. The quantitative estimate of drug-likeness (QED) is 0.126. The summed E-state index contributed by atoms with van der Waals surface area (Å²) < 4.78 is 4.55. The molecule has 0 aromatic heterocycles. The molecule has 0 saturated carbocycles. The highest BCUT2D eigenvalue weighted by Gasteiger charge is 2.30. The Hall–Kier alpha value is -2.61. The molecular weight excluding hydrogens is 458 g/mol. The van der Waals surface area contributed by atoms with Crippen LogP contribution in [0.2, 0.25) is 0 Å². The summed E-state index contributed by atoms with van der Waals surface area (Å²) in [5, 5.41) is 3.48. The minimum absolute atomic E-state index is 0.0342. The van der Waals surface area contributed by atoms with Gasteiger partial charge in [-0.25, -0.2) is 4.99 Å². The first-order valence-corrected chi connectivity index (χ1v) is 13.2. The fourth-order valence-electron chi connectivity index (χ4n) is 3.78. The van der Waals surface area contributed by atoms with Crippen molar-refractivity contribution in [3.8, 4) is 0 Å². The maximum absolute atomic E-state index is 12.1. The Kier molecular flexibility index (Phi) is 12.8. The summed E-state index contributed by atoms with van der Waals surface area (Å²) in [5.41, 5.74) is 16.9. The third-order valence-corrected chi connectivity index (χ3v) is 6.88. The Labute approximate surface area is 216 Å². The van der Waals surface area contributed by atoms with Crippen molar-refractivity contribution in [2.45, 2.75) is 76.5 Å². The monoisotopic (exact) mass is 504 g/mol. The van der Waals surface area contributed by atoms with Gasteiger partial charge in [0.1, 0.15) is 23.5 Å². The van der Waals surface area contributed by atoms with Gasteiger partial charge >= 0.3 is 5.97 Å². The maximum atomic E-state index is 12.1. The van der Waals surface area contributed by atoms with Gasteiger partial charge in [0.2, 0.25) is 5.71 Å². The lowest BCUT2D eigenvalue weighted by molar-refractivity contribution is -0.422. The van der Waals surface area contributed by atoms with Crippen LogP contribution >= 0.6 is 11.8 Å². The first kappa shape index (κ1) is 30.4. The number of nitrogens with two attached hydrogens (primary N) is 2. The third-order valence-electron chi connectivity index (χ3n) is 5.70. The second kappa shape index (κ2) is 14.7. The number of nitrogens with zero attached hydrogens (tertiary/aromatic N) is 1. The topological polar surface area (TPSA) is 108 Å². The summed E-state index contributed by atoms with van der Waals surface area (Å²) in [6.07, 6.45) is 2.66. The molecule has 0 aliphatic rings. The van der Waals surface area contributed by atoms with Crippen LogP contribution in [0.3, 0.4) is 0 Å². The van der Waals surface area contributed by atoms with Gasteiger partial charge in [0.25, 0.3) is 0 Å². The lowest BCUT2D eigenvalue weighted by Gasteiger charge is -2.30. The molecule has 196 valence electrons. The van der Waals surface area contributed by atoms with Gasteiger partial charge in [0.15, 0.2) is 0 Å². The fourth-order valence-corrected chi connectivity index (χ4v) is 4.78. The Morgan fingerprint density at radius 3 is 2.40 bits per heavy atom. The van der Waals surface area contributed by atoms with E-state index in [0.29, 0.717) is 12.3 Å². The first-order valence-electron chi connectivity index (χ1n) is 12.4. The summed E-state index contributed by atoms with van der Waals surface area (Å²) in [6, 6.07) is 8.17. The van der Waals surface area contributed by atoms with Crippen LogP contribution in [0.5, 0.6) is 0 Å². The summed E-state index contributed by atoms with van der Waals surface area (Å²) in [5.74, 6) is -0.201. The van der Waals surface area contributed by atoms with Crippen LogP contribution in [0.25, 0.3) is 0 Å². The molecule has 1 atom stereocenters. The zero-order chi connectivity index (χ0) is 26.6. The molecule has 0 bridgehead atoms. The standard InChI is InChI=1S/C27H45N5O2S/c1-9-12-23(28)24(29)25(30-8)20(5)32(19(3)4)18-11-17-31-21-13-15-22(16-14-21)35-27(6,7)26(33)34-10-2/h13-16,20,31H,3,9-12,17-18,28-29H2,1-2,4-8H3/p+1. The van der Waals surface area contributed by atoms with Crippen molar-refractivity contribution in [1.29, 1.82) is 0 Å². The lowest BCUT2D eigenvalue weighted by atomic mass is 10.0. The molecule has 1 aromatic rings. The van der Waals surface area contributed by atoms with E-state index in [4.69, 9.17) is 16.2 Å². The van der Waals surface area contributed by atoms with Crippen LogP contribution in [0.1, 0.15) is 60.8 Å². The number of carbonyl (C=O) groups is 1. The highest BCUT2D eigenvalue weighted by Crippen LogP contribution is 2.34. The molecule has 1 aromatic carbocycles. The fraction of sp³-hybridized carbons (Fsp3) is 0.556. The molecule has 0 fully saturated rings. The maximum Gasteiger partial charge on any atom is 0.321 e. The van der Waals surface area contributed by atoms with Crippen LogP contribution < -0.4 is 21.8 Å². The summed E-state index contributed by atoms with van der Waals surface area (Å²) in [7, 11) is 1.88. The van der Waals surface area contributed by atoms with E-state index in [9.17, 15) is 4.79 Å². The number of rotatable bonds is 15. The predicted octanol–water partition coefficient (Wildman–Crippen LogP) is 3.23. The number of hydrogen-bond donors (Lipinski definition) is 4. The zero-order valence-corrected chi connectivity index (χ0v) is 23.5. The van der Waals surface area contributed by atoms with E-state index in [1.54, 1.807) is 0 Å². The number of anilines is 1. The first-order chi connectivity index (χ1) is 16.5. The van der Waals surface area contributed by atoms with Crippen molar-refractivity contribution in [3.63, 3.8) is 0 Å². The normalized spacial score (nSPS) is 13.6. The van der Waals surface area contributed by atoms with Crippen molar-refractivity contribution in [2.24, 2.45) is 11.5 Å². The van der Waals surface area contributed by atoms with E-state index in [2.05, 4.69) is 35.6 Å². The Bertz CT molecular complexity index is 893. The molecule has 0 aliphatic heterocycles. The van der Waals surface area contributed by atoms with Crippen molar-refractivity contribution in [3.05, 3.63) is 47.9 Å². The summed E-state index contributed by atoms with van der Waals surface area (Å²) in [4.78, 5) is 18.7. The molecule has 0 spiro atoms. The summed E-state index contributed by atoms with van der Waals surface area (Å²) >= 11 is 1.50. The number of carbonyl (C=O) groups excluding carboxylic acids is 1. The van der Waals surface area contributed by atoms with Gasteiger partial charge in [-0.3, -0.25) is 4.79 Å². The molecule has 0 radical (unpaired) electrons. The van der Waals surface area contributed by atoms with Crippen molar-refractivity contribution in [1.82, 2.24) is 4.90 Å². The van der Waals surface area contributed by atoms with E-state index in [1.165, 1.54) is 11.8 Å². The van der Waals surface area contributed by atoms with E-state index < -0.39 is 4.75 Å². The van der Waals surface area contributed by atoms with Gasteiger partial charge in [0.05, 0.1) is 6.61 Å². The predicted molar refractivity (Wildman–Crippen MR) is 149 cm³/mol. The molecule has 8 heteroatoms. The van der Waals surface area contributed by atoms with Crippen LogP contribution in [0.4, 0.5) is 5.69 Å². The average Bonchev–Trinajstić information content (AvgIpc) is 2.80. The Balaban J connectivity index is 2.69. The van der Waals surface area contributed by atoms with Crippen LogP contribution in [-0.2, 0) is 9.53 Å². The van der Waals surface area contributed by atoms with Gasteiger partial charge in [-0.2, -0.15) is 0 Å². The number of allylic oxidation sites excluding steroid dienone is 2. The van der Waals surface area contributed by atoms with Crippen molar-refractivity contribution >= 4 is 29.1 Å². The number of esters is 1. The Morgan fingerprint density at radius 2 is 1.89 bits per heavy atom. The minimum atomic E-state index is -0.628. The number of benzene rings is 1. The molecule has 0 heterocycles. The van der Waals surface area contributed by atoms with Gasteiger partial charge in [-0.1, -0.05) is 19.9 Å². The summed E-state index contributed by atoms with van der Waals surface area (Å²) in [6.45, 7) is 18.0. The Morgan fingerprint density at radius 1 is 1.26 bits per heavy atom. The van der Waals surface area contributed by atoms with Crippen LogP contribution in [-0.4, -0.2) is 54.1 Å². The van der Waals surface area contributed by atoms with Gasteiger partial charge < -0.3 is 26.4 Å². The molecule has 0 amide bonds. The average molecular weight is 505 g/mol. The number of ether oxygens (including phenoxy) is 1. The molecule has 1 unspecified atom stereocenters. The van der Waals surface area contributed by atoms with E-state index in [0.717, 1.165) is 60.0 Å². The van der Waals surface area contributed by atoms with Gasteiger partial charge in [0, 0.05) is 35.1 Å². The second-order valence-corrected chi connectivity index (χ2v) is 10.8. The smallest absolute Gasteiger partial charge is 0.321 e. The molecule has 6 N–H and O–H groups in total. The number of nitrogens with one attached hydrogen (secondary N) is 2. The molecular formula is C27H46N5O2S+.